The Labute approximate surface area is 206 Å². The molecule has 2 N–H and O–H groups in total. The number of rotatable bonds is 9. The number of hydrogen-bond donors (Lipinski definition) is 2. The fourth-order valence-corrected chi connectivity index (χ4v) is 3.74. The van der Waals surface area contributed by atoms with E-state index in [1.54, 1.807) is 42.5 Å². The van der Waals surface area contributed by atoms with E-state index in [-0.39, 0.29) is 17.7 Å². The lowest BCUT2D eigenvalue weighted by atomic mass is 9.96. The lowest BCUT2D eigenvalue weighted by molar-refractivity contribution is -0.117. The number of halogens is 1. The molecule has 3 aromatic carbocycles. The number of ether oxygens (including phenoxy) is 1. The van der Waals surface area contributed by atoms with Gasteiger partial charge in [0.15, 0.2) is 0 Å². The highest BCUT2D eigenvalue weighted by Gasteiger charge is 2.18. The van der Waals surface area contributed by atoms with Crippen LogP contribution in [0.2, 0.25) is 5.02 Å². The maximum absolute atomic E-state index is 12.9. The van der Waals surface area contributed by atoms with Gasteiger partial charge in [0, 0.05) is 11.3 Å². The molecule has 2 amide bonds. The van der Waals surface area contributed by atoms with Crippen molar-refractivity contribution in [1.82, 2.24) is 0 Å². The van der Waals surface area contributed by atoms with Crippen LogP contribution in [0.15, 0.2) is 66.7 Å². The van der Waals surface area contributed by atoms with Gasteiger partial charge >= 0.3 is 0 Å². The fraction of sp³-hybridized carbons (Fsp3) is 0.286. The summed E-state index contributed by atoms with van der Waals surface area (Å²) in [7, 11) is 0. The van der Waals surface area contributed by atoms with E-state index < -0.39 is 0 Å². The van der Waals surface area contributed by atoms with Gasteiger partial charge in [0.1, 0.15) is 5.75 Å². The molecule has 3 rings (SSSR count). The smallest absolute Gasteiger partial charge is 0.255 e. The van der Waals surface area contributed by atoms with Crippen LogP contribution in [0, 0.1) is 5.92 Å². The zero-order valence-corrected chi connectivity index (χ0v) is 20.8. The number of nitrogens with one attached hydrogen (secondary N) is 2. The average Bonchev–Trinajstić information content (AvgIpc) is 2.81. The zero-order chi connectivity index (χ0) is 24.7. The molecule has 0 aliphatic heterocycles. The third-order valence-corrected chi connectivity index (χ3v) is 5.76. The van der Waals surface area contributed by atoms with E-state index in [1.807, 2.05) is 26.0 Å². The van der Waals surface area contributed by atoms with Crippen molar-refractivity contribution in [3.05, 3.63) is 88.4 Å². The van der Waals surface area contributed by atoms with Crippen molar-refractivity contribution in [3.63, 3.8) is 0 Å². The summed E-state index contributed by atoms with van der Waals surface area (Å²) in [5.41, 5.74) is 3.60. The van der Waals surface area contributed by atoms with Crippen LogP contribution in [0.25, 0.3) is 0 Å². The molecule has 0 radical (unpaired) electrons. The summed E-state index contributed by atoms with van der Waals surface area (Å²) in [6.45, 7) is 8.70. The van der Waals surface area contributed by atoms with E-state index in [4.69, 9.17) is 16.3 Å². The van der Waals surface area contributed by atoms with Crippen molar-refractivity contribution in [2.24, 2.45) is 5.92 Å². The molecule has 0 saturated carbocycles. The van der Waals surface area contributed by atoms with E-state index >= 15 is 0 Å². The molecule has 1 atom stereocenters. The van der Waals surface area contributed by atoms with Gasteiger partial charge in [0.2, 0.25) is 5.91 Å². The van der Waals surface area contributed by atoms with Crippen LogP contribution in [-0.2, 0) is 11.2 Å². The van der Waals surface area contributed by atoms with Gasteiger partial charge in [-0.1, -0.05) is 49.7 Å². The number of amides is 2. The highest BCUT2D eigenvalue weighted by molar-refractivity contribution is 6.34. The van der Waals surface area contributed by atoms with E-state index in [9.17, 15) is 9.59 Å². The summed E-state index contributed by atoms with van der Waals surface area (Å²) in [5, 5.41) is 6.08. The minimum atomic E-state index is -0.370. The highest BCUT2D eigenvalue weighted by Crippen LogP contribution is 2.26. The zero-order valence-electron chi connectivity index (χ0n) is 20.0. The van der Waals surface area contributed by atoms with Crippen LogP contribution < -0.4 is 15.4 Å². The topological polar surface area (TPSA) is 67.4 Å². The van der Waals surface area contributed by atoms with Gasteiger partial charge in [-0.2, -0.15) is 0 Å². The van der Waals surface area contributed by atoms with Gasteiger partial charge in [-0.05, 0) is 79.8 Å². The largest absolute Gasteiger partial charge is 0.494 e. The third-order valence-electron chi connectivity index (χ3n) is 5.43. The minimum absolute atomic E-state index is 0.192. The second-order valence-electron chi connectivity index (χ2n) is 8.66. The molecule has 5 nitrogen and oxygen atoms in total. The maximum Gasteiger partial charge on any atom is 0.255 e. The third kappa shape index (κ3) is 6.84. The summed E-state index contributed by atoms with van der Waals surface area (Å²) in [6, 6.07) is 20.1. The number of anilines is 2. The van der Waals surface area contributed by atoms with E-state index in [0.717, 1.165) is 17.7 Å². The molecular weight excluding hydrogens is 448 g/mol. The Morgan fingerprint density at radius 2 is 1.59 bits per heavy atom. The van der Waals surface area contributed by atoms with Crippen molar-refractivity contribution in [1.29, 1.82) is 0 Å². The van der Waals surface area contributed by atoms with Crippen molar-refractivity contribution >= 4 is 34.8 Å². The van der Waals surface area contributed by atoms with Crippen LogP contribution in [-0.4, -0.2) is 18.4 Å². The molecule has 178 valence electrons. The molecule has 0 aromatic heterocycles. The van der Waals surface area contributed by atoms with Gasteiger partial charge in [0.05, 0.1) is 23.2 Å². The molecular formula is C28H31ClN2O3. The number of carbonyl (C=O) groups is 2. The Balaban J connectivity index is 1.67. The lowest BCUT2D eigenvalue weighted by Crippen LogP contribution is -2.20. The molecule has 0 aliphatic carbocycles. The van der Waals surface area contributed by atoms with Crippen LogP contribution in [0.1, 0.15) is 55.1 Å². The van der Waals surface area contributed by atoms with Crippen molar-refractivity contribution in [3.8, 4) is 5.75 Å². The Morgan fingerprint density at radius 3 is 2.21 bits per heavy atom. The van der Waals surface area contributed by atoms with Crippen LogP contribution in [0.4, 0.5) is 11.4 Å². The molecule has 0 fully saturated rings. The molecule has 6 heteroatoms. The van der Waals surface area contributed by atoms with Crippen LogP contribution >= 0.6 is 11.6 Å². The molecule has 0 bridgehead atoms. The van der Waals surface area contributed by atoms with Crippen molar-refractivity contribution in [2.45, 2.75) is 40.0 Å². The Kier molecular flexibility index (Phi) is 8.72. The summed E-state index contributed by atoms with van der Waals surface area (Å²) in [4.78, 5) is 25.6. The first-order chi connectivity index (χ1) is 16.3. The second kappa shape index (κ2) is 11.7. The highest BCUT2D eigenvalue weighted by atomic mass is 35.5. The van der Waals surface area contributed by atoms with Gasteiger partial charge in [-0.3, -0.25) is 9.59 Å². The Morgan fingerprint density at radius 1 is 0.912 bits per heavy atom. The second-order valence-corrected chi connectivity index (χ2v) is 9.06. The fourth-order valence-electron chi connectivity index (χ4n) is 3.57. The maximum atomic E-state index is 12.9. The molecule has 1 unspecified atom stereocenters. The first-order valence-corrected chi connectivity index (χ1v) is 11.9. The molecule has 34 heavy (non-hydrogen) atoms. The normalized spacial score (nSPS) is 11.7. The molecule has 0 spiro atoms. The monoisotopic (exact) mass is 478 g/mol. The van der Waals surface area contributed by atoms with Gasteiger partial charge < -0.3 is 15.4 Å². The van der Waals surface area contributed by atoms with Crippen LogP contribution in [0.3, 0.4) is 0 Å². The number of benzene rings is 3. The Hall–Kier alpha value is -3.31. The van der Waals surface area contributed by atoms with E-state index in [1.165, 1.54) is 5.56 Å². The SMILES string of the molecule is CCOc1ccc(NC(=O)c2ccc(Cl)c(NC(=O)C(C)c3ccc(CC(C)C)cc3)c2)cc1. The summed E-state index contributed by atoms with van der Waals surface area (Å²) >= 11 is 6.31. The Bertz CT molecular complexity index is 1130. The minimum Gasteiger partial charge on any atom is -0.494 e. The number of carbonyl (C=O) groups excluding carboxylic acids is 2. The van der Waals surface area contributed by atoms with E-state index in [0.29, 0.717) is 34.5 Å². The first-order valence-electron chi connectivity index (χ1n) is 11.5. The molecule has 3 aromatic rings. The van der Waals surface area contributed by atoms with Gasteiger partial charge in [-0.25, -0.2) is 0 Å². The first kappa shape index (κ1) is 25.3. The number of hydrogen-bond acceptors (Lipinski definition) is 3. The molecule has 0 saturated heterocycles. The van der Waals surface area contributed by atoms with Gasteiger partial charge in [0.25, 0.3) is 5.91 Å². The quantitative estimate of drug-likeness (QED) is 0.350. The van der Waals surface area contributed by atoms with Gasteiger partial charge in [-0.15, -0.1) is 0 Å². The van der Waals surface area contributed by atoms with E-state index in [2.05, 4.69) is 36.6 Å². The average molecular weight is 479 g/mol. The molecule has 0 heterocycles. The predicted molar refractivity (Wildman–Crippen MR) is 139 cm³/mol. The molecule has 0 aliphatic rings. The summed E-state index contributed by atoms with van der Waals surface area (Å²) in [6.07, 6.45) is 1.00. The van der Waals surface area contributed by atoms with Crippen LogP contribution in [0.5, 0.6) is 5.75 Å². The summed E-state index contributed by atoms with van der Waals surface area (Å²) in [5.74, 6) is 0.450. The van der Waals surface area contributed by atoms with Crippen molar-refractivity contribution < 1.29 is 14.3 Å². The standard InChI is InChI=1S/C28H31ClN2O3/c1-5-34-24-13-11-23(12-14-24)30-28(33)22-10-15-25(29)26(17-22)31-27(32)19(4)21-8-6-20(7-9-21)16-18(2)3/h6-15,17-19H,5,16H2,1-4H3,(H,30,33)(H,31,32). The summed E-state index contributed by atoms with van der Waals surface area (Å²) < 4.78 is 5.42. The van der Waals surface area contributed by atoms with Crippen molar-refractivity contribution in [2.75, 3.05) is 17.2 Å². The predicted octanol–water partition coefficient (Wildman–Crippen LogP) is 6.93. The lowest BCUT2D eigenvalue weighted by Gasteiger charge is -2.15.